The van der Waals surface area contributed by atoms with Crippen LogP contribution in [0.15, 0.2) is 36.5 Å². The maximum absolute atomic E-state index is 12.3. The fourth-order valence-electron chi connectivity index (χ4n) is 2.23. The van der Waals surface area contributed by atoms with E-state index in [1.165, 1.54) is 5.56 Å². The molecule has 0 aliphatic rings. The van der Waals surface area contributed by atoms with Crippen molar-refractivity contribution in [3.63, 3.8) is 0 Å². The molecular formula is C16H21N3O. The molecule has 1 heterocycles. The van der Waals surface area contributed by atoms with Crippen molar-refractivity contribution in [1.29, 1.82) is 0 Å². The lowest BCUT2D eigenvalue weighted by molar-refractivity contribution is 0.0924. The summed E-state index contributed by atoms with van der Waals surface area (Å²) in [6.07, 6.45) is 2.51. The van der Waals surface area contributed by atoms with Crippen molar-refractivity contribution in [2.75, 3.05) is 0 Å². The number of amides is 1. The van der Waals surface area contributed by atoms with Gasteiger partial charge in [0, 0.05) is 12.7 Å². The van der Waals surface area contributed by atoms with Crippen molar-refractivity contribution in [1.82, 2.24) is 15.1 Å². The summed E-state index contributed by atoms with van der Waals surface area (Å²) in [5, 5.41) is 7.21. The Morgan fingerprint density at radius 3 is 2.55 bits per heavy atom. The third-order valence-electron chi connectivity index (χ3n) is 3.44. The number of carbonyl (C=O) groups excluding carboxylic acids is 1. The monoisotopic (exact) mass is 271 g/mol. The number of benzene rings is 1. The fraction of sp³-hybridized carbons (Fsp3) is 0.375. The van der Waals surface area contributed by atoms with Crippen molar-refractivity contribution in [3.8, 4) is 0 Å². The molecule has 1 N–H and O–H groups in total. The van der Waals surface area contributed by atoms with E-state index in [4.69, 9.17) is 0 Å². The van der Waals surface area contributed by atoms with Gasteiger partial charge in [0.2, 0.25) is 0 Å². The Bertz CT molecular complexity index is 572. The summed E-state index contributed by atoms with van der Waals surface area (Å²) < 4.78 is 1.71. The molecule has 0 spiro atoms. The van der Waals surface area contributed by atoms with Gasteiger partial charge in [0.1, 0.15) is 5.69 Å². The van der Waals surface area contributed by atoms with Gasteiger partial charge >= 0.3 is 0 Å². The molecule has 106 valence electrons. The van der Waals surface area contributed by atoms with Crippen molar-refractivity contribution >= 4 is 5.91 Å². The summed E-state index contributed by atoms with van der Waals surface area (Å²) in [6.45, 7) is 6.79. The third kappa shape index (κ3) is 3.07. The molecule has 1 unspecified atom stereocenters. The third-order valence-corrected chi connectivity index (χ3v) is 3.44. The quantitative estimate of drug-likeness (QED) is 0.908. The second-order valence-electron chi connectivity index (χ2n) is 4.88. The van der Waals surface area contributed by atoms with Crippen LogP contribution in [0.5, 0.6) is 0 Å². The Morgan fingerprint density at radius 2 is 1.95 bits per heavy atom. The number of nitrogens with zero attached hydrogens (tertiary/aromatic N) is 2. The summed E-state index contributed by atoms with van der Waals surface area (Å²) >= 11 is 0. The Morgan fingerprint density at radius 1 is 1.25 bits per heavy atom. The Labute approximate surface area is 119 Å². The minimum atomic E-state index is -0.0724. The molecule has 1 aromatic carbocycles. The number of aromatic nitrogens is 2. The summed E-state index contributed by atoms with van der Waals surface area (Å²) in [6, 6.07) is 10.1. The summed E-state index contributed by atoms with van der Waals surface area (Å²) in [5.41, 5.74) is 2.96. The first kappa shape index (κ1) is 14.3. The SMILES string of the molecule is CCC(NC(=O)c1ccnn1CC)c1ccc(C)cc1. The topological polar surface area (TPSA) is 46.9 Å². The lowest BCUT2D eigenvalue weighted by Crippen LogP contribution is -2.30. The largest absolute Gasteiger partial charge is 0.344 e. The summed E-state index contributed by atoms with van der Waals surface area (Å²) in [7, 11) is 0. The normalized spacial score (nSPS) is 12.2. The Kier molecular flexibility index (Phi) is 4.56. The van der Waals surface area contributed by atoms with E-state index in [0.717, 1.165) is 12.0 Å². The van der Waals surface area contributed by atoms with E-state index >= 15 is 0 Å². The van der Waals surface area contributed by atoms with Crippen LogP contribution in [0.25, 0.3) is 0 Å². The van der Waals surface area contributed by atoms with Crippen LogP contribution >= 0.6 is 0 Å². The Balaban J connectivity index is 2.14. The van der Waals surface area contributed by atoms with E-state index in [1.54, 1.807) is 16.9 Å². The van der Waals surface area contributed by atoms with E-state index in [2.05, 4.69) is 48.5 Å². The van der Waals surface area contributed by atoms with Gasteiger partial charge in [-0.05, 0) is 31.9 Å². The molecule has 2 aromatic rings. The summed E-state index contributed by atoms with van der Waals surface area (Å²) in [4.78, 5) is 12.3. The molecule has 1 atom stereocenters. The first-order valence-electron chi connectivity index (χ1n) is 7.05. The highest BCUT2D eigenvalue weighted by Gasteiger charge is 2.16. The summed E-state index contributed by atoms with van der Waals surface area (Å²) in [5.74, 6) is -0.0724. The number of carbonyl (C=O) groups is 1. The van der Waals surface area contributed by atoms with Crippen LogP contribution in [0.4, 0.5) is 0 Å². The molecule has 0 saturated carbocycles. The molecule has 0 saturated heterocycles. The standard InChI is InChI=1S/C16H21N3O/c1-4-14(13-8-6-12(3)7-9-13)18-16(20)15-10-11-17-19(15)5-2/h6-11,14H,4-5H2,1-3H3,(H,18,20). The number of nitrogens with one attached hydrogen (secondary N) is 1. The lowest BCUT2D eigenvalue weighted by Gasteiger charge is -2.18. The maximum Gasteiger partial charge on any atom is 0.270 e. The molecule has 1 amide bonds. The van der Waals surface area contributed by atoms with Crippen molar-refractivity contribution < 1.29 is 4.79 Å². The fourth-order valence-corrected chi connectivity index (χ4v) is 2.23. The second-order valence-corrected chi connectivity index (χ2v) is 4.88. The second kappa shape index (κ2) is 6.37. The van der Waals surface area contributed by atoms with Gasteiger partial charge in [0.15, 0.2) is 0 Å². The van der Waals surface area contributed by atoms with Gasteiger partial charge in [-0.2, -0.15) is 5.10 Å². The number of aryl methyl sites for hydroxylation is 2. The minimum absolute atomic E-state index is 0.0308. The number of hydrogen-bond acceptors (Lipinski definition) is 2. The van der Waals surface area contributed by atoms with Crippen LogP contribution in [0.3, 0.4) is 0 Å². The molecular weight excluding hydrogens is 250 g/mol. The van der Waals surface area contributed by atoms with Crippen LogP contribution in [0.1, 0.15) is 47.9 Å². The predicted molar refractivity (Wildman–Crippen MR) is 79.6 cm³/mol. The molecule has 0 bridgehead atoms. The van der Waals surface area contributed by atoms with Gasteiger partial charge in [-0.1, -0.05) is 36.8 Å². The number of hydrogen-bond donors (Lipinski definition) is 1. The maximum atomic E-state index is 12.3. The van der Waals surface area contributed by atoms with E-state index in [-0.39, 0.29) is 11.9 Å². The van der Waals surface area contributed by atoms with Gasteiger partial charge in [0.05, 0.1) is 6.04 Å². The molecule has 4 heteroatoms. The highest BCUT2D eigenvalue weighted by molar-refractivity contribution is 5.92. The average molecular weight is 271 g/mol. The minimum Gasteiger partial charge on any atom is -0.344 e. The van der Waals surface area contributed by atoms with E-state index in [1.807, 2.05) is 6.92 Å². The van der Waals surface area contributed by atoms with Crippen LogP contribution in [-0.2, 0) is 6.54 Å². The van der Waals surface area contributed by atoms with Crippen molar-refractivity contribution in [2.45, 2.75) is 39.8 Å². The molecule has 2 rings (SSSR count). The van der Waals surface area contributed by atoms with Gasteiger partial charge in [-0.15, -0.1) is 0 Å². The zero-order valence-corrected chi connectivity index (χ0v) is 12.3. The smallest absolute Gasteiger partial charge is 0.270 e. The first-order chi connectivity index (χ1) is 9.65. The van der Waals surface area contributed by atoms with Crippen LogP contribution < -0.4 is 5.32 Å². The zero-order valence-electron chi connectivity index (χ0n) is 12.3. The van der Waals surface area contributed by atoms with Gasteiger partial charge < -0.3 is 5.32 Å². The Hall–Kier alpha value is -2.10. The van der Waals surface area contributed by atoms with Crippen LogP contribution in [-0.4, -0.2) is 15.7 Å². The van der Waals surface area contributed by atoms with Crippen molar-refractivity contribution in [3.05, 3.63) is 53.3 Å². The van der Waals surface area contributed by atoms with Gasteiger partial charge in [-0.25, -0.2) is 0 Å². The molecule has 0 aliphatic carbocycles. The lowest BCUT2D eigenvalue weighted by atomic mass is 10.0. The van der Waals surface area contributed by atoms with E-state index < -0.39 is 0 Å². The van der Waals surface area contributed by atoms with Crippen LogP contribution in [0, 0.1) is 6.92 Å². The van der Waals surface area contributed by atoms with E-state index in [9.17, 15) is 4.79 Å². The predicted octanol–water partition coefficient (Wildman–Crippen LogP) is 3.09. The highest BCUT2D eigenvalue weighted by atomic mass is 16.2. The average Bonchev–Trinajstić information content (AvgIpc) is 2.94. The molecule has 0 radical (unpaired) electrons. The van der Waals surface area contributed by atoms with Gasteiger partial charge in [0.25, 0.3) is 5.91 Å². The van der Waals surface area contributed by atoms with E-state index in [0.29, 0.717) is 12.2 Å². The van der Waals surface area contributed by atoms with Crippen LogP contribution in [0.2, 0.25) is 0 Å². The molecule has 4 nitrogen and oxygen atoms in total. The highest BCUT2D eigenvalue weighted by Crippen LogP contribution is 2.17. The molecule has 1 aromatic heterocycles. The number of rotatable bonds is 5. The van der Waals surface area contributed by atoms with Crippen molar-refractivity contribution in [2.24, 2.45) is 0 Å². The molecule has 0 aliphatic heterocycles. The van der Waals surface area contributed by atoms with Gasteiger partial charge in [-0.3, -0.25) is 9.48 Å². The molecule has 0 fully saturated rings. The zero-order chi connectivity index (χ0) is 14.5. The molecule has 20 heavy (non-hydrogen) atoms. The first-order valence-corrected chi connectivity index (χ1v) is 7.05.